The molecular formula is C19H21ClN2O4. The second kappa shape index (κ2) is 7.85. The molecule has 0 radical (unpaired) electrons. The van der Waals surface area contributed by atoms with Crippen molar-refractivity contribution in [3.63, 3.8) is 0 Å². The van der Waals surface area contributed by atoms with Gasteiger partial charge in [0.1, 0.15) is 5.75 Å². The first-order valence-corrected chi connectivity index (χ1v) is 8.33. The van der Waals surface area contributed by atoms with Crippen molar-refractivity contribution >= 4 is 18.3 Å². The predicted octanol–water partition coefficient (Wildman–Crippen LogP) is 2.63. The highest BCUT2D eigenvalue weighted by atomic mass is 35.5. The summed E-state index contributed by atoms with van der Waals surface area (Å²) < 4.78 is 16.4. The Balaban J connectivity index is 0.00000196. The Morgan fingerprint density at radius 1 is 1.19 bits per heavy atom. The predicted molar refractivity (Wildman–Crippen MR) is 99.5 cm³/mol. The highest BCUT2D eigenvalue weighted by Gasteiger charge is 2.33. The highest BCUT2D eigenvalue weighted by molar-refractivity contribution is 5.98. The van der Waals surface area contributed by atoms with Crippen molar-refractivity contribution in [2.24, 2.45) is 0 Å². The van der Waals surface area contributed by atoms with E-state index in [1.165, 1.54) is 0 Å². The summed E-state index contributed by atoms with van der Waals surface area (Å²) >= 11 is 0. The molecule has 0 saturated carbocycles. The minimum absolute atomic E-state index is 0. The summed E-state index contributed by atoms with van der Waals surface area (Å²) in [4.78, 5) is 15.1. The van der Waals surface area contributed by atoms with Gasteiger partial charge in [0.15, 0.2) is 11.5 Å². The summed E-state index contributed by atoms with van der Waals surface area (Å²) in [7, 11) is 1.65. The summed E-state index contributed by atoms with van der Waals surface area (Å²) in [6.07, 6.45) is 0. The topological polar surface area (TPSA) is 60.0 Å². The number of fused-ring (bicyclic) bond motifs is 1. The average molecular weight is 377 g/mol. The fourth-order valence-electron chi connectivity index (χ4n) is 3.42. The molecule has 1 saturated heterocycles. The second-order valence-electron chi connectivity index (χ2n) is 6.00. The second-order valence-corrected chi connectivity index (χ2v) is 6.00. The van der Waals surface area contributed by atoms with Gasteiger partial charge in [0, 0.05) is 25.2 Å². The largest absolute Gasteiger partial charge is 0.496 e. The van der Waals surface area contributed by atoms with Gasteiger partial charge in [0.05, 0.1) is 18.7 Å². The van der Waals surface area contributed by atoms with Crippen LogP contribution in [0.25, 0.3) is 0 Å². The minimum Gasteiger partial charge on any atom is -0.496 e. The molecule has 2 aliphatic heterocycles. The fraction of sp³-hybridized carbons (Fsp3) is 0.316. The lowest BCUT2D eigenvalue weighted by Gasteiger charge is -2.37. The monoisotopic (exact) mass is 376 g/mol. The zero-order valence-corrected chi connectivity index (χ0v) is 15.3. The Labute approximate surface area is 158 Å². The first-order chi connectivity index (χ1) is 12.3. The Morgan fingerprint density at radius 3 is 2.88 bits per heavy atom. The minimum atomic E-state index is -0.101. The number of nitrogens with one attached hydrogen (secondary N) is 1. The summed E-state index contributed by atoms with van der Waals surface area (Å²) in [5, 5.41) is 3.37. The Bertz CT molecular complexity index is 799. The lowest BCUT2D eigenvalue weighted by molar-refractivity contribution is 0.0627. The number of rotatable bonds is 3. The molecule has 1 unspecified atom stereocenters. The van der Waals surface area contributed by atoms with Crippen molar-refractivity contribution in [2.75, 3.05) is 33.5 Å². The molecule has 2 aromatic carbocycles. The van der Waals surface area contributed by atoms with E-state index in [0.717, 1.165) is 17.9 Å². The number of methoxy groups -OCH3 is 1. The average Bonchev–Trinajstić information content (AvgIpc) is 3.16. The van der Waals surface area contributed by atoms with Gasteiger partial charge in [0.25, 0.3) is 5.91 Å². The number of carbonyl (C=O) groups is 1. The lowest BCUT2D eigenvalue weighted by atomic mass is 10.0. The van der Waals surface area contributed by atoms with Crippen LogP contribution in [0.2, 0.25) is 0 Å². The first kappa shape index (κ1) is 18.4. The van der Waals surface area contributed by atoms with E-state index in [4.69, 9.17) is 14.2 Å². The van der Waals surface area contributed by atoms with E-state index in [0.29, 0.717) is 30.2 Å². The van der Waals surface area contributed by atoms with Crippen molar-refractivity contribution in [1.82, 2.24) is 10.2 Å². The van der Waals surface area contributed by atoms with Crippen molar-refractivity contribution in [1.29, 1.82) is 0 Å². The van der Waals surface area contributed by atoms with Gasteiger partial charge in [-0.05, 0) is 18.2 Å². The number of piperazine rings is 1. The van der Waals surface area contributed by atoms with E-state index in [9.17, 15) is 4.79 Å². The maximum Gasteiger partial charge on any atom is 0.258 e. The Morgan fingerprint density at radius 2 is 2.04 bits per heavy atom. The number of halogens is 1. The van der Waals surface area contributed by atoms with E-state index in [-0.39, 0.29) is 31.1 Å². The van der Waals surface area contributed by atoms with E-state index < -0.39 is 0 Å². The third-order valence-electron chi connectivity index (χ3n) is 4.63. The fourth-order valence-corrected chi connectivity index (χ4v) is 3.42. The number of benzene rings is 2. The standard InChI is InChI=1S/C19H20N2O4.ClH/c1-23-16-7-3-2-5-13(16)15-11-20-9-10-21(15)19(22)14-6-4-8-17-18(14)25-12-24-17;/h2-8,15,20H,9-12H2,1H3;1H. The first-order valence-electron chi connectivity index (χ1n) is 8.33. The van der Waals surface area contributed by atoms with Crippen LogP contribution >= 0.6 is 12.4 Å². The molecular weight excluding hydrogens is 356 g/mol. The maximum absolute atomic E-state index is 13.3. The molecule has 4 rings (SSSR count). The van der Waals surface area contributed by atoms with Crippen LogP contribution in [-0.2, 0) is 0 Å². The molecule has 0 bridgehead atoms. The third-order valence-corrected chi connectivity index (χ3v) is 4.63. The molecule has 2 heterocycles. The lowest BCUT2D eigenvalue weighted by Crippen LogP contribution is -2.48. The molecule has 138 valence electrons. The van der Waals surface area contributed by atoms with Gasteiger partial charge in [-0.2, -0.15) is 0 Å². The Kier molecular flexibility index (Phi) is 5.54. The number of ether oxygens (including phenoxy) is 3. The van der Waals surface area contributed by atoms with Crippen LogP contribution in [0.5, 0.6) is 17.2 Å². The number of hydrogen-bond acceptors (Lipinski definition) is 5. The van der Waals surface area contributed by atoms with Crippen LogP contribution in [0.1, 0.15) is 22.0 Å². The molecule has 1 atom stereocenters. The van der Waals surface area contributed by atoms with Crippen LogP contribution in [-0.4, -0.2) is 44.3 Å². The molecule has 1 N–H and O–H groups in total. The van der Waals surface area contributed by atoms with Crippen LogP contribution < -0.4 is 19.5 Å². The highest BCUT2D eigenvalue weighted by Crippen LogP contribution is 2.38. The van der Waals surface area contributed by atoms with E-state index >= 15 is 0 Å². The van der Waals surface area contributed by atoms with Gasteiger partial charge < -0.3 is 24.4 Å². The van der Waals surface area contributed by atoms with Gasteiger partial charge in [-0.25, -0.2) is 0 Å². The number of nitrogens with zero attached hydrogens (tertiary/aromatic N) is 1. The third kappa shape index (κ3) is 3.18. The number of carbonyl (C=O) groups excluding carboxylic acids is 1. The smallest absolute Gasteiger partial charge is 0.258 e. The van der Waals surface area contributed by atoms with Gasteiger partial charge in [-0.1, -0.05) is 24.3 Å². The Hall–Kier alpha value is -2.44. The zero-order valence-electron chi connectivity index (χ0n) is 14.4. The molecule has 1 fully saturated rings. The van der Waals surface area contributed by atoms with Crippen molar-refractivity contribution in [3.8, 4) is 17.2 Å². The molecule has 26 heavy (non-hydrogen) atoms. The van der Waals surface area contributed by atoms with Gasteiger partial charge >= 0.3 is 0 Å². The normalized spacial score (nSPS) is 18.2. The summed E-state index contributed by atoms with van der Waals surface area (Å²) in [5.41, 5.74) is 1.53. The van der Waals surface area contributed by atoms with Crippen molar-refractivity contribution in [3.05, 3.63) is 53.6 Å². The van der Waals surface area contributed by atoms with Crippen LogP contribution in [0, 0.1) is 0 Å². The van der Waals surface area contributed by atoms with Crippen LogP contribution in [0.15, 0.2) is 42.5 Å². The number of hydrogen-bond donors (Lipinski definition) is 1. The molecule has 0 aromatic heterocycles. The molecule has 1 amide bonds. The SMILES string of the molecule is COc1ccccc1C1CNCCN1C(=O)c1cccc2c1OCO2.Cl. The molecule has 2 aromatic rings. The molecule has 7 heteroatoms. The molecule has 0 aliphatic carbocycles. The van der Waals surface area contributed by atoms with Crippen molar-refractivity contribution in [2.45, 2.75) is 6.04 Å². The molecule has 6 nitrogen and oxygen atoms in total. The van der Waals surface area contributed by atoms with E-state index in [1.807, 2.05) is 41.3 Å². The number of para-hydroxylation sites is 2. The molecule has 0 spiro atoms. The summed E-state index contributed by atoms with van der Waals surface area (Å²) in [6, 6.07) is 13.1. The zero-order chi connectivity index (χ0) is 17.2. The summed E-state index contributed by atoms with van der Waals surface area (Å²) in [5.74, 6) is 1.88. The van der Waals surface area contributed by atoms with Gasteiger partial charge in [-0.3, -0.25) is 4.79 Å². The summed E-state index contributed by atoms with van der Waals surface area (Å²) in [6.45, 7) is 2.20. The van der Waals surface area contributed by atoms with Gasteiger partial charge in [0.2, 0.25) is 6.79 Å². The van der Waals surface area contributed by atoms with E-state index in [1.54, 1.807) is 13.2 Å². The number of amides is 1. The maximum atomic E-state index is 13.3. The quantitative estimate of drug-likeness (QED) is 0.892. The van der Waals surface area contributed by atoms with Crippen LogP contribution in [0.4, 0.5) is 0 Å². The van der Waals surface area contributed by atoms with Crippen LogP contribution in [0.3, 0.4) is 0 Å². The van der Waals surface area contributed by atoms with E-state index in [2.05, 4.69) is 5.32 Å². The van der Waals surface area contributed by atoms with Crippen molar-refractivity contribution < 1.29 is 19.0 Å². The molecule has 2 aliphatic rings. The van der Waals surface area contributed by atoms with Gasteiger partial charge in [-0.15, -0.1) is 12.4 Å².